The summed E-state index contributed by atoms with van der Waals surface area (Å²) in [6.45, 7) is 22.2. The Balaban J connectivity index is 1.64. The number of allylic oxidation sites excluding steroid dienone is 3. The van der Waals surface area contributed by atoms with E-state index in [-0.39, 0.29) is 11.3 Å². The molecule has 3 N–H and O–H groups in total. The molecule has 1 fully saturated rings. The van der Waals surface area contributed by atoms with Gasteiger partial charge in [-0.3, -0.25) is 4.98 Å². The SMILES string of the molecule is C=C(c1cc(Oc2ccc(NC(=CC)NC(/C=C(\C)C(C)(C)C)=C(/CNC(=S)OC)C(C)C)c3ccccc23)ccn1)N1CCCC1. The molecule has 1 aliphatic heterocycles. The zero-order valence-corrected chi connectivity index (χ0v) is 30.1. The lowest BCUT2D eigenvalue weighted by Gasteiger charge is -2.25. The van der Waals surface area contributed by atoms with Crippen molar-refractivity contribution in [1.82, 2.24) is 20.5 Å². The first-order valence-corrected chi connectivity index (χ1v) is 16.9. The number of aromatic nitrogens is 1. The van der Waals surface area contributed by atoms with Gasteiger partial charge in [-0.15, -0.1) is 0 Å². The lowest BCUT2D eigenvalue weighted by atomic mass is 9.86. The van der Waals surface area contributed by atoms with E-state index in [9.17, 15) is 0 Å². The number of anilines is 1. The van der Waals surface area contributed by atoms with E-state index >= 15 is 0 Å². The number of likely N-dealkylation sites (tertiary alicyclic amines) is 1. The van der Waals surface area contributed by atoms with Crippen LogP contribution >= 0.6 is 12.2 Å². The molecule has 3 aromatic rings. The van der Waals surface area contributed by atoms with Crippen molar-refractivity contribution in [2.24, 2.45) is 11.3 Å². The van der Waals surface area contributed by atoms with Crippen LogP contribution in [0.3, 0.4) is 0 Å². The second kappa shape index (κ2) is 16.0. The highest BCUT2D eigenvalue weighted by atomic mass is 32.1. The Kier molecular flexibility index (Phi) is 12.1. The van der Waals surface area contributed by atoms with Crippen LogP contribution in [0.2, 0.25) is 0 Å². The second-order valence-electron chi connectivity index (χ2n) is 13.2. The summed E-state index contributed by atoms with van der Waals surface area (Å²) in [6, 6.07) is 16.2. The molecule has 47 heavy (non-hydrogen) atoms. The lowest BCUT2D eigenvalue weighted by molar-refractivity contribution is 0.394. The molecule has 1 aromatic heterocycles. The molecule has 8 heteroatoms. The molecule has 0 spiro atoms. The van der Waals surface area contributed by atoms with Crippen LogP contribution < -0.4 is 20.7 Å². The van der Waals surface area contributed by atoms with Gasteiger partial charge in [0.05, 0.1) is 18.5 Å². The number of thiocarbonyl (C=S) groups is 1. The lowest BCUT2D eigenvalue weighted by Crippen LogP contribution is -2.30. The molecule has 250 valence electrons. The van der Waals surface area contributed by atoms with E-state index in [1.165, 1.54) is 24.0 Å². The monoisotopic (exact) mass is 653 g/mol. The predicted molar refractivity (Wildman–Crippen MR) is 201 cm³/mol. The van der Waals surface area contributed by atoms with Crippen LogP contribution in [0, 0.1) is 11.3 Å². The summed E-state index contributed by atoms with van der Waals surface area (Å²) in [5.41, 5.74) is 6.24. The normalized spacial score (nSPS) is 14.6. The van der Waals surface area contributed by atoms with E-state index in [4.69, 9.17) is 21.7 Å². The molecule has 4 rings (SSSR count). The number of nitrogens with zero attached hydrogens (tertiary/aromatic N) is 2. The third-order valence-electron chi connectivity index (χ3n) is 8.65. The van der Waals surface area contributed by atoms with Crippen LogP contribution in [-0.4, -0.2) is 41.8 Å². The van der Waals surface area contributed by atoms with Crippen molar-refractivity contribution in [3.05, 3.63) is 102 Å². The summed E-state index contributed by atoms with van der Waals surface area (Å²) in [4.78, 5) is 6.87. The highest BCUT2D eigenvalue weighted by Gasteiger charge is 2.19. The molecular formula is C39H51N5O2S. The Morgan fingerprint density at radius 2 is 1.79 bits per heavy atom. The first kappa shape index (κ1) is 35.6. The molecule has 0 amide bonds. The van der Waals surface area contributed by atoms with E-state index in [0.717, 1.165) is 64.0 Å². The number of benzene rings is 2. The molecule has 0 aliphatic carbocycles. The van der Waals surface area contributed by atoms with Crippen molar-refractivity contribution in [2.45, 2.75) is 61.3 Å². The van der Waals surface area contributed by atoms with Crippen LogP contribution in [0.4, 0.5) is 5.69 Å². The fraction of sp³-hybridized carbons (Fsp3) is 0.385. The average Bonchev–Trinajstić information content (AvgIpc) is 3.59. The zero-order valence-electron chi connectivity index (χ0n) is 29.3. The fourth-order valence-corrected chi connectivity index (χ4v) is 5.41. The van der Waals surface area contributed by atoms with Gasteiger partial charge in [0.2, 0.25) is 0 Å². The Hall–Kier alpha value is -4.30. The number of methoxy groups -OCH3 is 1. The zero-order chi connectivity index (χ0) is 34.1. The van der Waals surface area contributed by atoms with Crippen molar-refractivity contribution < 1.29 is 9.47 Å². The minimum absolute atomic E-state index is 0.0107. The fourth-order valence-electron chi connectivity index (χ4n) is 5.34. The second-order valence-corrected chi connectivity index (χ2v) is 13.6. The highest BCUT2D eigenvalue weighted by molar-refractivity contribution is 7.80. The number of nitrogens with one attached hydrogen (secondary N) is 3. The summed E-state index contributed by atoms with van der Waals surface area (Å²) in [5, 5.41) is 13.0. The molecule has 2 aromatic carbocycles. The molecule has 0 unspecified atom stereocenters. The Labute approximate surface area is 286 Å². The first-order chi connectivity index (χ1) is 22.4. The van der Waals surface area contributed by atoms with Gasteiger partial charge in [0, 0.05) is 54.1 Å². The molecule has 2 heterocycles. The summed E-state index contributed by atoms with van der Waals surface area (Å²) in [7, 11) is 1.58. The number of hydrogen-bond acceptors (Lipinski definition) is 7. The van der Waals surface area contributed by atoms with E-state index in [1.807, 2.05) is 37.3 Å². The van der Waals surface area contributed by atoms with Gasteiger partial charge in [-0.05, 0) is 86.2 Å². The van der Waals surface area contributed by atoms with Gasteiger partial charge in [0.15, 0.2) is 0 Å². The van der Waals surface area contributed by atoms with E-state index in [1.54, 1.807) is 13.3 Å². The Morgan fingerprint density at radius 3 is 2.43 bits per heavy atom. The largest absolute Gasteiger partial charge is 0.474 e. The average molecular weight is 654 g/mol. The first-order valence-electron chi connectivity index (χ1n) is 16.4. The molecule has 0 atom stereocenters. The molecular weight excluding hydrogens is 603 g/mol. The maximum Gasteiger partial charge on any atom is 0.256 e. The van der Waals surface area contributed by atoms with Crippen molar-refractivity contribution in [3.63, 3.8) is 0 Å². The van der Waals surface area contributed by atoms with Crippen molar-refractivity contribution in [2.75, 3.05) is 32.1 Å². The van der Waals surface area contributed by atoms with Crippen molar-refractivity contribution in [1.29, 1.82) is 0 Å². The van der Waals surface area contributed by atoms with E-state index in [0.29, 0.717) is 11.7 Å². The minimum Gasteiger partial charge on any atom is -0.474 e. The number of rotatable bonds is 12. The summed E-state index contributed by atoms with van der Waals surface area (Å²) in [5.74, 6) is 2.63. The van der Waals surface area contributed by atoms with Crippen LogP contribution in [0.5, 0.6) is 11.5 Å². The van der Waals surface area contributed by atoms with Crippen molar-refractivity contribution >= 4 is 39.5 Å². The smallest absolute Gasteiger partial charge is 0.256 e. The maximum absolute atomic E-state index is 6.48. The van der Waals surface area contributed by atoms with Crippen LogP contribution in [0.15, 0.2) is 96.1 Å². The number of ether oxygens (including phenoxy) is 2. The van der Waals surface area contributed by atoms with Gasteiger partial charge in [-0.1, -0.05) is 71.0 Å². The number of hydrogen-bond donors (Lipinski definition) is 3. The predicted octanol–water partition coefficient (Wildman–Crippen LogP) is 9.38. The minimum atomic E-state index is 0.0107. The standard InChI is InChI=1S/C39H51N5O2S/c1-10-37(43-35(23-27(4)39(6,7)8)32(26(2)3)25-41-38(47)45-9)42-33-17-18-36(31-16-12-11-15-30(31)33)46-29-19-20-40-34(24-29)28(5)44-21-13-14-22-44/h10-12,15-20,23-24,26,42-43H,5,13-14,21-22,25H2,1-4,6-9H3,(H,41,47)/b27-23+,35-32-,37-10?. The topological polar surface area (TPSA) is 70.7 Å². The molecule has 7 nitrogen and oxygen atoms in total. The third-order valence-corrected chi connectivity index (χ3v) is 8.96. The quantitative estimate of drug-likeness (QED) is 0.132. The van der Waals surface area contributed by atoms with Crippen molar-refractivity contribution in [3.8, 4) is 11.5 Å². The van der Waals surface area contributed by atoms with E-state index < -0.39 is 0 Å². The summed E-state index contributed by atoms with van der Waals surface area (Å²) < 4.78 is 11.7. The molecule has 1 saturated heterocycles. The van der Waals surface area contributed by atoms with E-state index in [2.05, 4.69) is 104 Å². The Bertz CT molecular complexity index is 1680. The highest BCUT2D eigenvalue weighted by Crippen LogP contribution is 2.36. The van der Waals surface area contributed by atoms with Crippen LogP contribution in [0.1, 0.15) is 67.0 Å². The Morgan fingerprint density at radius 1 is 1.09 bits per heavy atom. The van der Waals surface area contributed by atoms with Crippen LogP contribution in [0.25, 0.3) is 16.5 Å². The third kappa shape index (κ3) is 9.38. The maximum atomic E-state index is 6.48. The van der Waals surface area contributed by atoms with Gasteiger partial charge >= 0.3 is 0 Å². The molecule has 0 saturated carbocycles. The van der Waals surface area contributed by atoms with Gasteiger partial charge in [-0.25, -0.2) is 0 Å². The summed E-state index contributed by atoms with van der Waals surface area (Å²) in [6.07, 6.45) is 8.47. The van der Waals surface area contributed by atoms with Gasteiger partial charge in [0.1, 0.15) is 17.3 Å². The number of fused-ring (bicyclic) bond motifs is 1. The molecule has 0 radical (unpaired) electrons. The van der Waals surface area contributed by atoms with Crippen LogP contribution in [-0.2, 0) is 4.74 Å². The number of pyridine rings is 1. The van der Waals surface area contributed by atoms with Gasteiger partial charge in [0.25, 0.3) is 5.17 Å². The van der Waals surface area contributed by atoms with Gasteiger partial charge < -0.3 is 30.3 Å². The molecule has 1 aliphatic rings. The molecule has 0 bridgehead atoms. The van der Waals surface area contributed by atoms with Gasteiger partial charge in [-0.2, -0.15) is 0 Å². The summed E-state index contributed by atoms with van der Waals surface area (Å²) >= 11 is 5.29.